The number of benzene rings is 2. The lowest BCUT2D eigenvalue weighted by atomic mass is 10.1. The molecule has 0 radical (unpaired) electrons. The van der Waals surface area contributed by atoms with Crippen LogP contribution in [0.15, 0.2) is 41.3 Å². The molecule has 0 fully saturated rings. The molecule has 21 heavy (non-hydrogen) atoms. The van der Waals surface area contributed by atoms with E-state index in [-0.39, 0.29) is 10.6 Å². The van der Waals surface area contributed by atoms with Crippen LogP contribution in [0.4, 0.5) is 15.8 Å². The standard InChI is InChI=1S/C15H15FN2O2S/c16-14-7-5-12(17)9-15(14)18-21(19,20)13-6-4-10-2-1-3-11(10)8-13/h4-9,18H,1-3,17H2. The number of fused-ring (bicyclic) bond motifs is 1. The third-order valence-electron chi connectivity index (χ3n) is 3.61. The minimum absolute atomic E-state index is 0.143. The Morgan fingerprint density at radius 2 is 1.81 bits per heavy atom. The Balaban J connectivity index is 1.95. The van der Waals surface area contributed by atoms with Crippen LogP contribution in [-0.4, -0.2) is 8.42 Å². The van der Waals surface area contributed by atoms with E-state index < -0.39 is 15.8 Å². The predicted octanol–water partition coefficient (Wildman–Crippen LogP) is 2.70. The van der Waals surface area contributed by atoms with E-state index in [1.165, 1.54) is 17.7 Å². The van der Waals surface area contributed by atoms with Gasteiger partial charge in [0, 0.05) is 5.69 Å². The zero-order chi connectivity index (χ0) is 15.0. The lowest BCUT2D eigenvalue weighted by Crippen LogP contribution is -2.14. The van der Waals surface area contributed by atoms with Crippen LogP contribution in [0.1, 0.15) is 17.5 Å². The molecule has 0 amide bonds. The number of rotatable bonds is 3. The van der Waals surface area contributed by atoms with Gasteiger partial charge in [-0.25, -0.2) is 12.8 Å². The van der Waals surface area contributed by atoms with Crippen LogP contribution in [0.25, 0.3) is 0 Å². The molecule has 0 heterocycles. The van der Waals surface area contributed by atoms with Crippen molar-refractivity contribution in [3.05, 3.63) is 53.3 Å². The first-order valence-electron chi connectivity index (χ1n) is 6.65. The van der Waals surface area contributed by atoms with Crippen molar-refractivity contribution in [2.75, 3.05) is 10.5 Å². The van der Waals surface area contributed by atoms with E-state index in [4.69, 9.17) is 5.73 Å². The van der Waals surface area contributed by atoms with Gasteiger partial charge in [-0.15, -0.1) is 0 Å². The molecule has 0 aliphatic heterocycles. The lowest BCUT2D eigenvalue weighted by Gasteiger charge is -2.11. The second-order valence-electron chi connectivity index (χ2n) is 5.13. The van der Waals surface area contributed by atoms with Crippen LogP contribution in [0.2, 0.25) is 0 Å². The van der Waals surface area contributed by atoms with Crippen molar-refractivity contribution < 1.29 is 12.8 Å². The summed E-state index contributed by atoms with van der Waals surface area (Å²) in [5.74, 6) is -0.658. The topological polar surface area (TPSA) is 72.2 Å². The summed E-state index contributed by atoms with van der Waals surface area (Å²) in [7, 11) is -3.82. The summed E-state index contributed by atoms with van der Waals surface area (Å²) in [5, 5.41) is 0. The van der Waals surface area contributed by atoms with Gasteiger partial charge in [-0.2, -0.15) is 0 Å². The maximum Gasteiger partial charge on any atom is 0.261 e. The van der Waals surface area contributed by atoms with Crippen molar-refractivity contribution in [2.24, 2.45) is 0 Å². The van der Waals surface area contributed by atoms with Crippen molar-refractivity contribution in [1.82, 2.24) is 0 Å². The Morgan fingerprint density at radius 3 is 2.62 bits per heavy atom. The van der Waals surface area contributed by atoms with Gasteiger partial charge in [0.2, 0.25) is 0 Å². The maximum absolute atomic E-state index is 13.7. The average Bonchev–Trinajstić information content (AvgIpc) is 2.90. The zero-order valence-corrected chi connectivity index (χ0v) is 12.1. The number of aryl methyl sites for hydroxylation is 2. The monoisotopic (exact) mass is 306 g/mol. The molecular weight excluding hydrogens is 291 g/mol. The fourth-order valence-electron chi connectivity index (χ4n) is 2.54. The normalized spacial score (nSPS) is 14.0. The largest absolute Gasteiger partial charge is 0.399 e. The summed E-state index contributed by atoms with van der Waals surface area (Å²) in [6.07, 6.45) is 2.90. The average molecular weight is 306 g/mol. The van der Waals surface area contributed by atoms with Crippen molar-refractivity contribution in [3.8, 4) is 0 Å². The number of nitrogens with one attached hydrogen (secondary N) is 1. The minimum Gasteiger partial charge on any atom is -0.399 e. The molecule has 1 aliphatic rings. The number of halogens is 1. The molecule has 0 bridgehead atoms. The van der Waals surface area contributed by atoms with Crippen LogP contribution in [0.5, 0.6) is 0 Å². The molecule has 0 saturated carbocycles. The van der Waals surface area contributed by atoms with E-state index in [2.05, 4.69) is 4.72 Å². The molecule has 2 aromatic carbocycles. The summed E-state index contributed by atoms with van der Waals surface area (Å²) in [6, 6.07) is 8.82. The van der Waals surface area contributed by atoms with Crippen molar-refractivity contribution in [2.45, 2.75) is 24.2 Å². The molecule has 0 unspecified atom stereocenters. The van der Waals surface area contributed by atoms with Gasteiger partial charge in [0.15, 0.2) is 0 Å². The highest BCUT2D eigenvalue weighted by Crippen LogP contribution is 2.26. The predicted molar refractivity (Wildman–Crippen MR) is 80.1 cm³/mol. The highest BCUT2D eigenvalue weighted by atomic mass is 32.2. The molecule has 0 atom stereocenters. The van der Waals surface area contributed by atoms with E-state index in [1.807, 2.05) is 6.07 Å². The third-order valence-corrected chi connectivity index (χ3v) is 4.98. The molecule has 0 aromatic heterocycles. The summed E-state index contributed by atoms with van der Waals surface area (Å²) in [5.41, 5.74) is 7.94. The number of anilines is 2. The van der Waals surface area contributed by atoms with Crippen molar-refractivity contribution in [1.29, 1.82) is 0 Å². The first-order chi connectivity index (χ1) is 9.95. The molecule has 6 heteroatoms. The van der Waals surface area contributed by atoms with Gasteiger partial charge in [-0.05, 0) is 60.7 Å². The van der Waals surface area contributed by atoms with Crippen LogP contribution in [0.3, 0.4) is 0 Å². The number of hydrogen-bond donors (Lipinski definition) is 2. The Kier molecular flexibility index (Phi) is 3.33. The van der Waals surface area contributed by atoms with Gasteiger partial charge >= 0.3 is 0 Å². The smallest absolute Gasteiger partial charge is 0.261 e. The summed E-state index contributed by atoms with van der Waals surface area (Å²) in [4.78, 5) is 0.143. The minimum atomic E-state index is -3.82. The van der Waals surface area contributed by atoms with E-state index in [0.717, 1.165) is 30.9 Å². The van der Waals surface area contributed by atoms with Crippen molar-refractivity contribution >= 4 is 21.4 Å². The van der Waals surface area contributed by atoms with Crippen LogP contribution >= 0.6 is 0 Å². The highest BCUT2D eigenvalue weighted by Gasteiger charge is 2.19. The highest BCUT2D eigenvalue weighted by molar-refractivity contribution is 7.92. The number of nitrogen functional groups attached to an aromatic ring is 1. The molecule has 110 valence electrons. The molecule has 3 rings (SSSR count). The van der Waals surface area contributed by atoms with E-state index in [9.17, 15) is 12.8 Å². The molecule has 3 N–H and O–H groups in total. The number of nitrogens with two attached hydrogens (primary N) is 1. The molecule has 2 aromatic rings. The molecular formula is C15H15FN2O2S. The first kappa shape index (κ1) is 13.9. The Hall–Kier alpha value is -2.08. The van der Waals surface area contributed by atoms with E-state index in [0.29, 0.717) is 5.69 Å². The zero-order valence-electron chi connectivity index (χ0n) is 11.3. The second kappa shape index (κ2) is 5.04. The van der Waals surface area contributed by atoms with Crippen LogP contribution in [-0.2, 0) is 22.9 Å². The summed E-state index contributed by atoms with van der Waals surface area (Å²) >= 11 is 0. The maximum atomic E-state index is 13.7. The van der Waals surface area contributed by atoms with E-state index in [1.54, 1.807) is 12.1 Å². The van der Waals surface area contributed by atoms with Gasteiger partial charge in [-0.3, -0.25) is 4.72 Å². The molecule has 0 saturated heterocycles. The molecule has 1 aliphatic carbocycles. The van der Waals surface area contributed by atoms with Gasteiger partial charge in [0.05, 0.1) is 10.6 Å². The van der Waals surface area contributed by atoms with E-state index >= 15 is 0 Å². The van der Waals surface area contributed by atoms with Gasteiger partial charge in [-0.1, -0.05) is 6.07 Å². The fraction of sp³-hybridized carbons (Fsp3) is 0.200. The number of hydrogen-bond acceptors (Lipinski definition) is 3. The molecule has 0 spiro atoms. The quantitative estimate of drug-likeness (QED) is 0.856. The first-order valence-corrected chi connectivity index (χ1v) is 8.14. The number of sulfonamides is 1. The summed E-state index contributed by atoms with van der Waals surface area (Å²) < 4.78 is 40.6. The van der Waals surface area contributed by atoms with Crippen LogP contribution in [0, 0.1) is 5.82 Å². The third kappa shape index (κ3) is 2.71. The SMILES string of the molecule is Nc1ccc(F)c(NS(=O)(=O)c2ccc3c(c2)CCC3)c1. The van der Waals surface area contributed by atoms with Crippen LogP contribution < -0.4 is 10.5 Å². The van der Waals surface area contributed by atoms with Gasteiger partial charge in [0.25, 0.3) is 10.0 Å². The van der Waals surface area contributed by atoms with Crippen molar-refractivity contribution in [3.63, 3.8) is 0 Å². The summed E-state index contributed by atoms with van der Waals surface area (Å²) in [6.45, 7) is 0. The van der Waals surface area contributed by atoms with Gasteiger partial charge in [0.1, 0.15) is 5.82 Å². The lowest BCUT2D eigenvalue weighted by molar-refractivity contribution is 0.598. The molecule has 4 nitrogen and oxygen atoms in total. The Bertz CT molecular complexity index is 803. The fourth-order valence-corrected chi connectivity index (χ4v) is 3.65. The van der Waals surface area contributed by atoms with Gasteiger partial charge < -0.3 is 5.73 Å². The second-order valence-corrected chi connectivity index (χ2v) is 6.81. The Morgan fingerprint density at radius 1 is 1.05 bits per heavy atom. The Labute approximate surface area is 122 Å².